The molecule has 1 aromatic carbocycles. The van der Waals surface area contributed by atoms with Gasteiger partial charge in [0.15, 0.2) is 0 Å². The summed E-state index contributed by atoms with van der Waals surface area (Å²) in [6.07, 6.45) is 2.07. The monoisotopic (exact) mass is 275 g/mol. The number of nitrogens with zero attached hydrogens (tertiary/aromatic N) is 2. The van der Waals surface area contributed by atoms with E-state index in [1.54, 1.807) is 13.0 Å². The van der Waals surface area contributed by atoms with Crippen LogP contribution in [0, 0.1) is 22.9 Å². The molecule has 0 atom stereocenters. The second kappa shape index (κ2) is 6.10. The van der Waals surface area contributed by atoms with Crippen molar-refractivity contribution in [1.82, 2.24) is 4.98 Å². The van der Waals surface area contributed by atoms with Gasteiger partial charge in [0.2, 0.25) is 0 Å². The van der Waals surface area contributed by atoms with E-state index in [1.807, 2.05) is 6.07 Å². The Morgan fingerprint density at radius 3 is 2.90 bits per heavy atom. The minimum absolute atomic E-state index is 0.0354. The lowest BCUT2D eigenvalue weighted by Crippen LogP contribution is -2.07. The summed E-state index contributed by atoms with van der Waals surface area (Å²) in [4.78, 5) is 14.5. The van der Waals surface area contributed by atoms with Gasteiger partial charge in [0.1, 0.15) is 11.6 Å². The number of hydrogen-bond acceptors (Lipinski definition) is 4. The van der Waals surface area contributed by atoms with Crippen LogP contribution in [0.25, 0.3) is 0 Å². The van der Waals surface area contributed by atoms with E-state index >= 15 is 0 Å². The van der Waals surface area contributed by atoms with Crippen LogP contribution in [0.5, 0.6) is 0 Å². The Bertz CT molecular complexity index is 632. The second-order valence-corrected chi connectivity index (χ2v) is 4.42. The molecule has 0 saturated heterocycles. The smallest absolute Gasteiger partial charge is 0.277 e. The molecule has 1 N–H and O–H groups in total. The SMILES string of the molecule is Cc1cnc(NCCc2cccc(F)c2)cc1[N+](=O)[O-]. The maximum atomic E-state index is 13.0. The number of pyridine rings is 1. The summed E-state index contributed by atoms with van der Waals surface area (Å²) in [7, 11) is 0. The van der Waals surface area contributed by atoms with Crippen molar-refractivity contribution >= 4 is 11.5 Å². The Balaban J connectivity index is 1.97. The minimum atomic E-state index is -0.436. The highest BCUT2D eigenvalue weighted by atomic mass is 19.1. The summed E-state index contributed by atoms with van der Waals surface area (Å²) in [6, 6.07) is 7.74. The van der Waals surface area contributed by atoms with E-state index in [2.05, 4.69) is 10.3 Å². The number of nitrogens with one attached hydrogen (secondary N) is 1. The Morgan fingerprint density at radius 1 is 1.40 bits per heavy atom. The van der Waals surface area contributed by atoms with Gasteiger partial charge in [-0.25, -0.2) is 9.37 Å². The Kier molecular flexibility index (Phi) is 4.24. The van der Waals surface area contributed by atoms with Gasteiger partial charge in [-0.15, -0.1) is 0 Å². The Hall–Kier alpha value is -2.50. The lowest BCUT2D eigenvalue weighted by molar-refractivity contribution is -0.385. The first kappa shape index (κ1) is 13.9. The average Bonchev–Trinajstić information content (AvgIpc) is 2.40. The topological polar surface area (TPSA) is 68.1 Å². The molecule has 2 rings (SSSR count). The standard InChI is InChI=1S/C14H14FN3O2/c1-10-9-17-14(8-13(10)18(19)20)16-6-5-11-3-2-4-12(15)7-11/h2-4,7-9H,5-6H2,1H3,(H,16,17). The highest BCUT2D eigenvalue weighted by molar-refractivity contribution is 5.48. The van der Waals surface area contributed by atoms with Crippen LogP contribution in [-0.4, -0.2) is 16.5 Å². The molecule has 104 valence electrons. The lowest BCUT2D eigenvalue weighted by atomic mass is 10.1. The van der Waals surface area contributed by atoms with Crippen LogP contribution < -0.4 is 5.32 Å². The number of benzene rings is 1. The van der Waals surface area contributed by atoms with Gasteiger partial charge in [0, 0.05) is 18.3 Å². The fourth-order valence-corrected chi connectivity index (χ4v) is 1.83. The van der Waals surface area contributed by atoms with Crippen LogP contribution in [0.3, 0.4) is 0 Å². The van der Waals surface area contributed by atoms with E-state index in [9.17, 15) is 14.5 Å². The summed E-state index contributed by atoms with van der Waals surface area (Å²) >= 11 is 0. The molecule has 0 bridgehead atoms. The first-order valence-electron chi connectivity index (χ1n) is 6.15. The minimum Gasteiger partial charge on any atom is -0.370 e. The summed E-state index contributed by atoms with van der Waals surface area (Å²) in [5.41, 5.74) is 1.41. The van der Waals surface area contributed by atoms with Gasteiger partial charge in [0.05, 0.1) is 11.0 Å². The number of nitro groups is 1. The third-order valence-electron chi connectivity index (χ3n) is 2.88. The predicted octanol–water partition coefficient (Wildman–Crippen LogP) is 3.09. The van der Waals surface area contributed by atoms with E-state index < -0.39 is 4.92 Å². The number of aryl methyl sites for hydroxylation is 1. The molecule has 0 spiro atoms. The van der Waals surface area contributed by atoms with Crippen LogP contribution in [0.2, 0.25) is 0 Å². The molecule has 1 heterocycles. The largest absolute Gasteiger partial charge is 0.370 e. The maximum absolute atomic E-state index is 13.0. The number of rotatable bonds is 5. The third-order valence-corrected chi connectivity index (χ3v) is 2.88. The number of anilines is 1. The third kappa shape index (κ3) is 3.50. The lowest BCUT2D eigenvalue weighted by Gasteiger charge is -2.06. The Morgan fingerprint density at radius 2 is 2.20 bits per heavy atom. The fourth-order valence-electron chi connectivity index (χ4n) is 1.83. The van der Waals surface area contributed by atoms with Crippen LogP contribution in [0.15, 0.2) is 36.5 Å². The van der Waals surface area contributed by atoms with Crippen LogP contribution in [-0.2, 0) is 6.42 Å². The first-order chi connectivity index (χ1) is 9.56. The molecule has 2 aromatic rings. The summed E-state index contributed by atoms with van der Waals surface area (Å²) in [6.45, 7) is 2.17. The molecule has 0 aliphatic rings. The molecule has 6 heteroatoms. The van der Waals surface area contributed by atoms with Crippen molar-refractivity contribution in [3.63, 3.8) is 0 Å². The summed E-state index contributed by atoms with van der Waals surface area (Å²) in [5.74, 6) is 0.172. The van der Waals surface area contributed by atoms with Crippen LogP contribution >= 0.6 is 0 Å². The number of hydrogen-bond donors (Lipinski definition) is 1. The normalized spacial score (nSPS) is 10.3. The van der Waals surface area contributed by atoms with Crippen molar-refractivity contribution in [1.29, 1.82) is 0 Å². The highest BCUT2D eigenvalue weighted by Crippen LogP contribution is 2.19. The van der Waals surface area contributed by atoms with Crippen molar-refractivity contribution in [2.45, 2.75) is 13.3 Å². The molecule has 0 aliphatic heterocycles. The molecule has 0 saturated carbocycles. The van der Waals surface area contributed by atoms with Gasteiger partial charge in [-0.2, -0.15) is 0 Å². The van der Waals surface area contributed by atoms with Crippen molar-refractivity contribution in [3.8, 4) is 0 Å². The molecular formula is C14H14FN3O2. The fraction of sp³-hybridized carbons (Fsp3) is 0.214. The molecular weight excluding hydrogens is 261 g/mol. The maximum Gasteiger partial charge on any atom is 0.277 e. The van der Waals surface area contributed by atoms with Crippen molar-refractivity contribution in [3.05, 3.63) is 63.6 Å². The molecule has 0 unspecified atom stereocenters. The molecule has 20 heavy (non-hydrogen) atoms. The first-order valence-corrected chi connectivity index (χ1v) is 6.15. The average molecular weight is 275 g/mol. The van der Waals surface area contributed by atoms with Gasteiger partial charge < -0.3 is 5.32 Å². The van der Waals surface area contributed by atoms with Crippen LogP contribution in [0.4, 0.5) is 15.9 Å². The van der Waals surface area contributed by atoms with Crippen molar-refractivity contribution in [2.24, 2.45) is 0 Å². The zero-order chi connectivity index (χ0) is 14.5. The highest BCUT2D eigenvalue weighted by Gasteiger charge is 2.11. The second-order valence-electron chi connectivity index (χ2n) is 4.42. The van der Waals surface area contributed by atoms with Crippen LogP contribution in [0.1, 0.15) is 11.1 Å². The zero-order valence-electron chi connectivity index (χ0n) is 11.0. The molecule has 0 radical (unpaired) electrons. The van der Waals surface area contributed by atoms with Gasteiger partial charge >= 0.3 is 0 Å². The summed E-state index contributed by atoms with van der Waals surface area (Å²) in [5, 5.41) is 13.8. The number of aromatic nitrogens is 1. The van der Waals surface area contributed by atoms with Gasteiger partial charge in [-0.3, -0.25) is 10.1 Å². The van der Waals surface area contributed by atoms with Crippen molar-refractivity contribution < 1.29 is 9.31 Å². The van der Waals surface area contributed by atoms with Gasteiger partial charge in [-0.05, 0) is 31.0 Å². The predicted molar refractivity (Wildman–Crippen MR) is 74.2 cm³/mol. The van der Waals surface area contributed by atoms with E-state index in [-0.39, 0.29) is 11.5 Å². The molecule has 1 aromatic heterocycles. The van der Waals surface area contributed by atoms with E-state index in [0.29, 0.717) is 24.3 Å². The van der Waals surface area contributed by atoms with Gasteiger partial charge in [-0.1, -0.05) is 12.1 Å². The molecule has 0 fully saturated rings. The molecule has 0 aliphatic carbocycles. The zero-order valence-corrected chi connectivity index (χ0v) is 11.0. The van der Waals surface area contributed by atoms with E-state index in [4.69, 9.17) is 0 Å². The molecule has 5 nitrogen and oxygen atoms in total. The quantitative estimate of drug-likeness (QED) is 0.672. The van der Waals surface area contributed by atoms with Gasteiger partial charge in [0.25, 0.3) is 5.69 Å². The van der Waals surface area contributed by atoms with E-state index in [1.165, 1.54) is 24.4 Å². The van der Waals surface area contributed by atoms with Crippen molar-refractivity contribution in [2.75, 3.05) is 11.9 Å². The molecule has 0 amide bonds. The van der Waals surface area contributed by atoms with E-state index in [0.717, 1.165) is 5.56 Å². The Labute approximate surface area is 115 Å². The number of halogens is 1. The summed E-state index contributed by atoms with van der Waals surface area (Å²) < 4.78 is 13.0.